The minimum absolute atomic E-state index is 0.0551. The van der Waals surface area contributed by atoms with Crippen LogP contribution in [0.2, 0.25) is 0 Å². The van der Waals surface area contributed by atoms with E-state index in [2.05, 4.69) is 5.32 Å². The van der Waals surface area contributed by atoms with Crippen LogP contribution in [0.3, 0.4) is 0 Å². The minimum atomic E-state index is -4.24. The largest absolute Gasteiger partial charge is 0.389 e. The Balaban J connectivity index is 2.80. The van der Waals surface area contributed by atoms with Crippen LogP contribution >= 0.6 is 0 Å². The van der Waals surface area contributed by atoms with E-state index in [9.17, 15) is 22.8 Å². The summed E-state index contributed by atoms with van der Waals surface area (Å²) in [6, 6.07) is -0.682. The number of piperazine rings is 1. The highest BCUT2D eigenvalue weighted by molar-refractivity contribution is 5.99. The van der Waals surface area contributed by atoms with Crippen LogP contribution in [0.25, 0.3) is 0 Å². The molecule has 1 N–H and O–H groups in total. The summed E-state index contributed by atoms with van der Waals surface area (Å²) in [6.07, 6.45) is -5.02. The SMILES string of the molecule is CCC1(C)C(=O)NC(C)C(=O)N1CCCC(F)(F)F. The molecule has 0 bridgehead atoms. The molecule has 0 spiro atoms. The van der Waals surface area contributed by atoms with Crippen molar-refractivity contribution < 1.29 is 22.8 Å². The van der Waals surface area contributed by atoms with Gasteiger partial charge in [0, 0.05) is 13.0 Å². The Morgan fingerprint density at radius 3 is 2.42 bits per heavy atom. The third kappa shape index (κ3) is 3.39. The average Bonchev–Trinajstić information content (AvgIpc) is 2.29. The van der Waals surface area contributed by atoms with E-state index >= 15 is 0 Å². The first kappa shape index (κ1) is 15.8. The Bertz CT molecular complexity index is 370. The third-order valence-corrected chi connectivity index (χ3v) is 3.60. The number of halogens is 3. The van der Waals surface area contributed by atoms with Gasteiger partial charge in [0.05, 0.1) is 0 Å². The molecule has 4 nitrogen and oxygen atoms in total. The molecule has 0 saturated carbocycles. The summed E-state index contributed by atoms with van der Waals surface area (Å²) in [6.45, 7) is 4.80. The molecule has 19 heavy (non-hydrogen) atoms. The number of amides is 2. The van der Waals surface area contributed by atoms with Crippen LogP contribution in [0.5, 0.6) is 0 Å². The lowest BCUT2D eigenvalue weighted by molar-refractivity contribution is -0.158. The first-order valence-electron chi connectivity index (χ1n) is 6.31. The Kier molecular flexibility index (Phi) is 4.47. The first-order valence-corrected chi connectivity index (χ1v) is 6.31. The van der Waals surface area contributed by atoms with E-state index in [-0.39, 0.29) is 24.8 Å². The van der Waals surface area contributed by atoms with Crippen molar-refractivity contribution in [1.29, 1.82) is 0 Å². The monoisotopic (exact) mass is 280 g/mol. The minimum Gasteiger partial charge on any atom is -0.343 e. The van der Waals surface area contributed by atoms with Crippen LogP contribution in [-0.2, 0) is 9.59 Å². The highest BCUT2D eigenvalue weighted by atomic mass is 19.4. The molecule has 2 unspecified atom stereocenters. The summed E-state index contributed by atoms with van der Waals surface area (Å²) in [5.74, 6) is -0.639. The molecule has 1 saturated heterocycles. The normalized spacial score (nSPS) is 28.5. The van der Waals surface area contributed by atoms with Gasteiger partial charge in [0.15, 0.2) is 0 Å². The fourth-order valence-electron chi connectivity index (χ4n) is 2.16. The maximum atomic E-state index is 12.2. The topological polar surface area (TPSA) is 49.4 Å². The number of hydrogen-bond donors (Lipinski definition) is 1. The molecule has 0 radical (unpaired) electrons. The van der Waals surface area contributed by atoms with Gasteiger partial charge in [0.2, 0.25) is 11.8 Å². The molecule has 1 rings (SSSR count). The van der Waals surface area contributed by atoms with Crippen molar-refractivity contribution in [2.75, 3.05) is 6.54 Å². The summed E-state index contributed by atoms with van der Waals surface area (Å²) in [7, 11) is 0. The lowest BCUT2D eigenvalue weighted by Crippen LogP contribution is -2.68. The Morgan fingerprint density at radius 2 is 1.95 bits per heavy atom. The summed E-state index contributed by atoms with van der Waals surface area (Å²) in [4.78, 5) is 25.3. The van der Waals surface area contributed by atoms with Gasteiger partial charge in [-0.15, -0.1) is 0 Å². The van der Waals surface area contributed by atoms with E-state index in [1.54, 1.807) is 13.8 Å². The number of alkyl halides is 3. The predicted octanol–water partition coefficient (Wildman–Crippen LogP) is 1.84. The van der Waals surface area contributed by atoms with E-state index in [0.717, 1.165) is 0 Å². The number of nitrogens with one attached hydrogen (secondary N) is 1. The van der Waals surface area contributed by atoms with Crippen LogP contribution in [0, 0.1) is 0 Å². The molecule has 0 aliphatic carbocycles. The summed E-state index contributed by atoms with van der Waals surface area (Å²) in [5, 5.41) is 2.55. The molecule has 0 aromatic carbocycles. The zero-order valence-corrected chi connectivity index (χ0v) is 11.3. The first-order chi connectivity index (χ1) is 8.62. The van der Waals surface area contributed by atoms with Crippen molar-refractivity contribution >= 4 is 11.8 Å². The average molecular weight is 280 g/mol. The maximum Gasteiger partial charge on any atom is 0.389 e. The van der Waals surface area contributed by atoms with Crippen molar-refractivity contribution in [2.24, 2.45) is 0 Å². The van der Waals surface area contributed by atoms with Gasteiger partial charge in [-0.1, -0.05) is 6.92 Å². The maximum absolute atomic E-state index is 12.2. The number of carbonyl (C=O) groups is 2. The van der Waals surface area contributed by atoms with Crippen LogP contribution in [0.1, 0.15) is 40.0 Å². The predicted molar refractivity (Wildman–Crippen MR) is 63.3 cm³/mol. The smallest absolute Gasteiger partial charge is 0.343 e. The fourth-order valence-corrected chi connectivity index (χ4v) is 2.16. The van der Waals surface area contributed by atoms with Gasteiger partial charge in [-0.05, 0) is 26.7 Å². The molecule has 110 valence electrons. The number of carbonyl (C=O) groups excluding carboxylic acids is 2. The molecule has 0 aromatic rings. The summed E-state index contributed by atoms with van der Waals surface area (Å²) < 4.78 is 36.5. The lowest BCUT2D eigenvalue weighted by atomic mass is 9.90. The van der Waals surface area contributed by atoms with Crippen LogP contribution in [-0.4, -0.2) is 41.0 Å². The van der Waals surface area contributed by atoms with E-state index in [4.69, 9.17) is 0 Å². The van der Waals surface area contributed by atoms with E-state index in [1.165, 1.54) is 11.8 Å². The van der Waals surface area contributed by atoms with Gasteiger partial charge >= 0.3 is 6.18 Å². The molecule has 1 heterocycles. The summed E-state index contributed by atoms with van der Waals surface area (Å²) >= 11 is 0. The number of rotatable bonds is 4. The molecule has 1 fully saturated rings. The van der Waals surface area contributed by atoms with Gasteiger partial charge in [-0.25, -0.2) is 0 Å². The summed E-state index contributed by atoms with van der Waals surface area (Å²) in [5.41, 5.74) is -1.06. The van der Waals surface area contributed by atoms with E-state index in [1.807, 2.05) is 0 Å². The van der Waals surface area contributed by atoms with E-state index < -0.39 is 24.2 Å². The third-order valence-electron chi connectivity index (χ3n) is 3.60. The van der Waals surface area contributed by atoms with Crippen molar-refractivity contribution in [3.8, 4) is 0 Å². The van der Waals surface area contributed by atoms with Gasteiger partial charge in [-0.2, -0.15) is 13.2 Å². The van der Waals surface area contributed by atoms with Gasteiger partial charge in [0.1, 0.15) is 11.6 Å². The van der Waals surface area contributed by atoms with Crippen molar-refractivity contribution in [3.05, 3.63) is 0 Å². The van der Waals surface area contributed by atoms with E-state index in [0.29, 0.717) is 6.42 Å². The number of nitrogens with zero attached hydrogens (tertiary/aromatic N) is 1. The zero-order valence-electron chi connectivity index (χ0n) is 11.3. The highest BCUT2D eigenvalue weighted by Gasteiger charge is 2.46. The quantitative estimate of drug-likeness (QED) is 0.854. The highest BCUT2D eigenvalue weighted by Crippen LogP contribution is 2.27. The van der Waals surface area contributed by atoms with Crippen LogP contribution < -0.4 is 5.32 Å². The molecule has 1 aliphatic rings. The molecule has 2 atom stereocenters. The molecular weight excluding hydrogens is 261 g/mol. The molecule has 1 aliphatic heterocycles. The second kappa shape index (κ2) is 5.38. The van der Waals surface area contributed by atoms with Gasteiger partial charge < -0.3 is 10.2 Å². The Hall–Kier alpha value is -1.27. The second-order valence-electron chi connectivity index (χ2n) is 5.03. The Morgan fingerprint density at radius 1 is 1.37 bits per heavy atom. The van der Waals surface area contributed by atoms with Crippen LogP contribution in [0.15, 0.2) is 0 Å². The van der Waals surface area contributed by atoms with Crippen LogP contribution in [0.4, 0.5) is 13.2 Å². The zero-order chi connectivity index (χ0) is 14.8. The van der Waals surface area contributed by atoms with Crippen molar-refractivity contribution in [1.82, 2.24) is 10.2 Å². The van der Waals surface area contributed by atoms with Crippen molar-refractivity contribution in [2.45, 2.75) is 57.8 Å². The second-order valence-corrected chi connectivity index (χ2v) is 5.03. The number of hydrogen-bond acceptors (Lipinski definition) is 2. The van der Waals surface area contributed by atoms with Gasteiger partial charge in [-0.3, -0.25) is 9.59 Å². The molecule has 2 amide bonds. The fraction of sp³-hybridized carbons (Fsp3) is 0.833. The molecule has 0 aromatic heterocycles. The lowest BCUT2D eigenvalue weighted by Gasteiger charge is -2.45. The standard InChI is InChI=1S/C12H19F3N2O2/c1-4-11(3)10(19)16-8(2)9(18)17(11)7-5-6-12(13,14)15/h8H,4-7H2,1-3H3,(H,16,19). The van der Waals surface area contributed by atoms with Gasteiger partial charge in [0.25, 0.3) is 0 Å². The molecule has 7 heteroatoms. The van der Waals surface area contributed by atoms with Crippen molar-refractivity contribution in [3.63, 3.8) is 0 Å². The molecular formula is C12H19F3N2O2. The Labute approximate surface area is 110 Å².